The summed E-state index contributed by atoms with van der Waals surface area (Å²) < 4.78 is 0. The smallest absolute Gasteiger partial charge is 0.0254 e. The van der Waals surface area contributed by atoms with Gasteiger partial charge >= 0.3 is 0 Å². The van der Waals surface area contributed by atoms with Crippen LogP contribution in [0.5, 0.6) is 0 Å². The molecule has 0 nitrogen and oxygen atoms in total. The minimum Gasteiger partial charge on any atom is -0.126 e. The Morgan fingerprint density at radius 1 is 1.07 bits per heavy atom. The number of alkyl halides is 1. The SMILES string of the molecule is CC(C)CCC(CCl)Cc1ccccc1. The highest BCUT2D eigenvalue weighted by atomic mass is 35.5. The van der Waals surface area contributed by atoms with E-state index in [-0.39, 0.29) is 0 Å². The van der Waals surface area contributed by atoms with Crippen LogP contribution in [0.25, 0.3) is 0 Å². The summed E-state index contributed by atoms with van der Waals surface area (Å²) in [6.45, 7) is 4.54. The van der Waals surface area contributed by atoms with E-state index in [0.29, 0.717) is 5.92 Å². The molecule has 1 unspecified atom stereocenters. The first-order valence-electron chi connectivity index (χ1n) is 5.82. The number of benzene rings is 1. The summed E-state index contributed by atoms with van der Waals surface area (Å²) in [7, 11) is 0. The molecule has 0 spiro atoms. The maximum atomic E-state index is 6.00. The molecule has 0 bridgehead atoms. The molecule has 0 heterocycles. The Morgan fingerprint density at radius 3 is 2.27 bits per heavy atom. The van der Waals surface area contributed by atoms with Crippen molar-refractivity contribution in [3.8, 4) is 0 Å². The van der Waals surface area contributed by atoms with Gasteiger partial charge in [0, 0.05) is 5.88 Å². The molecule has 0 aliphatic rings. The molecule has 0 saturated carbocycles. The van der Waals surface area contributed by atoms with E-state index >= 15 is 0 Å². The van der Waals surface area contributed by atoms with Gasteiger partial charge in [0.1, 0.15) is 0 Å². The van der Waals surface area contributed by atoms with Gasteiger partial charge in [0.15, 0.2) is 0 Å². The molecule has 0 saturated heterocycles. The van der Waals surface area contributed by atoms with Gasteiger partial charge in [0.05, 0.1) is 0 Å². The van der Waals surface area contributed by atoms with Crippen molar-refractivity contribution < 1.29 is 0 Å². The third-order valence-corrected chi connectivity index (χ3v) is 3.17. The summed E-state index contributed by atoms with van der Waals surface area (Å²) in [5, 5.41) is 0. The fourth-order valence-corrected chi connectivity index (χ4v) is 2.01. The number of hydrogen-bond acceptors (Lipinski definition) is 0. The molecule has 1 heteroatoms. The molecule has 1 rings (SSSR count). The summed E-state index contributed by atoms with van der Waals surface area (Å²) >= 11 is 6.00. The van der Waals surface area contributed by atoms with Gasteiger partial charge in [0.2, 0.25) is 0 Å². The highest BCUT2D eigenvalue weighted by molar-refractivity contribution is 6.18. The summed E-state index contributed by atoms with van der Waals surface area (Å²) in [4.78, 5) is 0. The van der Waals surface area contributed by atoms with E-state index < -0.39 is 0 Å². The molecule has 0 fully saturated rings. The predicted octanol–water partition coefficient (Wildman–Crippen LogP) is 4.52. The van der Waals surface area contributed by atoms with Crippen molar-refractivity contribution in [3.05, 3.63) is 35.9 Å². The molecule has 15 heavy (non-hydrogen) atoms. The van der Waals surface area contributed by atoms with Gasteiger partial charge in [-0.2, -0.15) is 0 Å². The standard InChI is InChI=1S/C14H21Cl/c1-12(2)8-9-14(11-15)10-13-6-4-3-5-7-13/h3-7,12,14H,8-11H2,1-2H3. The average molecular weight is 225 g/mol. The zero-order valence-electron chi connectivity index (χ0n) is 9.75. The molecule has 84 valence electrons. The van der Waals surface area contributed by atoms with Crippen molar-refractivity contribution in [2.45, 2.75) is 33.1 Å². The monoisotopic (exact) mass is 224 g/mol. The van der Waals surface area contributed by atoms with Gasteiger partial charge in [-0.25, -0.2) is 0 Å². The lowest BCUT2D eigenvalue weighted by atomic mass is 9.93. The largest absolute Gasteiger partial charge is 0.126 e. The highest BCUT2D eigenvalue weighted by Crippen LogP contribution is 2.18. The first-order chi connectivity index (χ1) is 7.22. The molecule has 0 aliphatic heterocycles. The van der Waals surface area contributed by atoms with Crippen LogP contribution in [0.15, 0.2) is 30.3 Å². The Bertz CT molecular complexity index is 253. The van der Waals surface area contributed by atoms with Crippen LogP contribution in [0, 0.1) is 11.8 Å². The van der Waals surface area contributed by atoms with Crippen molar-refractivity contribution in [2.24, 2.45) is 11.8 Å². The molecule has 0 aliphatic carbocycles. The Balaban J connectivity index is 2.40. The zero-order valence-corrected chi connectivity index (χ0v) is 10.5. The van der Waals surface area contributed by atoms with Gasteiger partial charge in [-0.05, 0) is 30.2 Å². The average Bonchev–Trinajstić information content (AvgIpc) is 2.25. The van der Waals surface area contributed by atoms with E-state index in [1.54, 1.807) is 0 Å². The van der Waals surface area contributed by atoms with E-state index in [9.17, 15) is 0 Å². The van der Waals surface area contributed by atoms with Crippen molar-refractivity contribution >= 4 is 11.6 Å². The summed E-state index contributed by atoms with van der Waals surface area (Å²) in [5.74, 6) is 2.20. The minimum absolute atomic E-state index is 0.636. The quantitative estimate of drug-likeness (QED) is 0.624. The molecule has 1 atom stereocenters. The Morgan fingerprint density at radius 2 is 1.73 bits per heavy atom. The number of halogens is 1. The molecular formula is C14H21Cl. The molecule has 0 radical (unpaired) electrons. The van der Waals surface area contributed by atoms with Crippen LogP contribution in [0.3, 0.4) is 0 Å². The second kappa shape index (κ2) is 6.90. The maximum absolute atomic E-state index is 6.00. The van der Waals surface area contributed by atoms with Crippen molar-refractivity contribution in [2.75, 3.05) is 5.88 Å². The van der Waals surface area contributed by atoms with Crippen LogP contribution in [-0.2, 0) is 6.42 Å². The summed E-state index contributed by atoms with van der Waals surface area (Å²) in [6.07, 6.45) is 3.65. The molecule has 1 aromatic carbocycles. The van der Waals surface area contributed by atoms with Crippen LogP contribution in [0.4, 0.5) is 0 Å². The minimum atomic E-state index is 0.636. The van der Waals surface area contributed by atoms with E-state index in [0.717, 1.165) is 18.2 Å². The van der Waals surface area contributed by atoms with Crippen LogP contribution < -0.4 is 0 Å². The van der Waals surface area contributed by atoms with Gasteiger partial charge in [0.25, 0.3) is 0 Å². The first-order valence-corrected chi connectivity index (χ1v) is 6.35. The Hall–Kier alpha value is -0.490. The second-order valence-corrected chi connectivity index (χ2v) is 4.99. The van der Waals surface area contributed by atoms with Crippen molar-refractivity contribution in [1.29, 1.82) is 0 Å². The maximum Gasteiger partial charge on any atom is 0.0254 e. The van der Waals surface area contributed by atoms with E-state index in [4.69, 9.17) is 11.6 Å². The first kappa shape index (κ1) is 12.6. The fourth-order valence-electron chi connectivity index (χ4n) is 1.75. The fraction of sp³-hybridized carbons (Fsp3) is 0.571. The van der Waals surface area contributed by atoms with Crippen LogP contribution >= 0.6 is 11.6 Å². The Labute approximate surface area is 98.7 Å². The van der Waals surface area contributed by atoms with Gasteiger partial charge in [-0.3, -0.25) is 0 Å². The second-order valence-electron chi connectivity index (χ2n) is 4.68. The van der Waals surface area contributed by atoms with Crippen molar-refractivity contribution in [1.82, 2.24) is 0 Å². The van der Waals surface area contributed by atoms with Crippen LogP contribution in [0.1, 0.15) is 32.3 Å². The lowest BCUT2D eigenvalue weighted by Crippen LogP contribution is -2.07. The third-order valence-electron chi connectivity index (χ3n) is 2.74. The predicted molar refractivity (Wildman–Crippen MR) is 68.4 cm³/mol. The van der Waals surface area contributed by atoms with Crippen LogP contribution in [0.2, 0.25) is 0 Å². The normalized spacial score (nSPS) is 13.1. The zero-order chi connectivity index (χ0) is 11.1. The van der Waals surface area contributed by atoms with Crippen LogP contribution in [-0.4, -0.2) is 5.88 Å². The third kappa shape index (κ3) is 5.22. The highest BCUT2D eigenvalue weighted by Gasteiger charge is 2.09. The Kier molecular flexibility index (Phi) is 5.78. The van der Waals surface area contributed by atoms with Gasteiger partial charge in [-0.1, -0.05) is 50.6 Å². The number of rotatable bonds is 6. The molecule has 0 amide bonds. The number of hydrogen-bond donors (Lipinski definition) is 0. The lowest BCUT2D eigenvalue weighted by Gasteiger charge is -2.15. The topological polar surface area (TPSA) is 0 Å². The van der Waals surface area contributed by atoms with Crippen molar-refractivity contribution in [3.63, 3.8) is 0 Å². The molecular weight excluding hydrogens is 204 g/mol. The molecule has 0 aromatic heterocycles. The molecule has 1 aromatic rings. The van der Waals surface area contributed by atoms with E-state index in [1.165, 1.54) is 18.4 Å². The van der Waals surface area contributed by atoms with E-state index in [1.807, 2.05) is 0 Å². The summed E-state index contributed by atoms with van der Waals surface area (Å²) in [5.41, 5.74) is 1.41. The molecule has 0 N–H and O–H groups in total. The van der Waals surface area contributed by atoms with Gasteiger partial charge in [-0.15, -0.1) is 11.6 Å². The van der Waals surface area contributed by atoms with E-state index in [2.05, 4.69) is 44.2 Å². The van der Waals surface area contributed by atoms with Gasteiger partial charge < -0.3 is 0 Å². The summed E-state index contributed by atoms with van der Waals surface area (Å²) in [6, 6.07) is 10.6. The lowest BCUT2D eigenvalue weighted by molar-refractivity contribution is 0.452.